The summed E-state index contributed by atoms with van der Waals surface area (Å²) in [4.78, 5) is 29.1. The van der Waals surface area contributed by atoms with Crippen molar-refractivity contribution in [1.82, 2.24) is 19.9 Å². The van der Waals surface area contributed by atoms with E-state index in [0.29, 0.717) is 22.8 Å². The maximum Gasteiger partial charge on any atom is 0.160 e. The molecule has 9 rings (SSSR count). The van der Waals surface area contributed by atoms with E-state index in [1.807, 2.05) is 121 Å². The number of phenols is 2. The standard InChI is InChI=1S/C48H32N6O2/c55-43-15-7-1-9-35(43)29-49-37-25-21-33(22-26-37)47-51-41-13-5-3-11-39(41)45(53-47)31-17-19-32(20-18-31)46-40-12-4-6-14-42(40)52-48(54-46)34-23-27-38(28-24-34)50-30-36-10-2-8-16-44(36)56/h1-30,55-56H. The van der Waals surface area contributed by atoms with Crippen molar-refractivity contribution < 1.29 is 10.2 Å². The van der Waals surface area contributed by atoms with E-state index in [0.717, 1.165) is 66.8 Å². The molecule has 8 nitrogen and oxygen atoms in total. The van der Waals surface area contributed by atoms with Crippen molar-refractivity contribution in [3.63, 3.8) is 0 Å². The maximum absolute atomic E-state index is 10.1. The fourth-order valence-electron chi connectivity index (χ4n) is 6.51. The molecule has 7 aromatic carbocycles. The smallest absolute Gasteiger partial charge is 0.160 e. The zero-order chi connectivity index (χ0) is 37.8. The lowest BCUT2D eigenvalue weighted by atomic mass is 10.0. The van der Waals surface area contributed by atoms with Crippen molar-refractivity contribution in [2.24, 2.45) is 9.98 Å². The summed E-state index contributed by atoms with van der Waals surface area (Å²) < 4.78 is 0. The van der Waals surface area contributed by atoms with E-state index >= 15 is 0 Å². The molecule has 56 heavy (non-hydrogen) atoms. The van der Waals surface area contributed by atoms with Gasteiger partial charge in [0.05, 0.1) is 33.8 Å². The Kier molecular flexibility index (Phi) is 9.03. The van der Waals surface area contributed by atoms with Crippen LogP contribution in [0.1, 0.15) is 11.1 Å². The summed E-state index contributed by atoms with van der Waals surface area (Å²) in [7, 11) is 0. The first-order valence-corrected chi connectivity index (χ1v) is 18.1. The number of fused-ring (bicyclic) bond motifs is 2. The Hall–Kier alpha value is -7.84. The number of aliphatic imine (C=N–C) groups is 2. The topological polar surface area (TPSA) is 117 Å². The minimum Gasteiger partial charge on any atom is -0.507 e. The average Bonchev–Trinajstić information content (AvgIpc) is 3.25. The summed E-state index contributed by atoms with van der Waals surface area (Å²) in [5, 5.41) is 22.1. The van der Waals surface area contributed by atoms with Crippen LogP contribution >= 0.6 is 0 Å². The highest BCUT2D eigenvalue weighted by atomic mass is 16.3. The van der Waals surface area contributed by atoms with Crippen LogP contribution in [0.2, 0.25) is 0 Å². The van der Waals surface area contributed by atoms with Crippen molar-refractivity contribution in [3.8, 4) is 56.8 Å². The number of para-hydroxylation sites is 4. The maximum atomic E-state index is 10.1. The largest absolute Gasteiger partial charge is 0.507 e. The van der Waals surface area contributed by atoms with E-state index in [4.69, 9.17) is 19.9 Å². The molecule has 0 radical (unpaired) electrons. The van der Waals surface area contributed by atoms with Crippen molar-refractivity contribution in [2.75, 3.05) is 0 Å². The molecule has 2 heterocycles. The molecular weight excluding hydrogens is 693 g/mol. The van der Waals surface area contributed by atoms with Crippen LogP contribution in [0.15, 0.2) is 180 Å². The zero-order valence-electron chi connectivity index (χ0n) is 29.9. The second-order valence-corrected chi connectivity index (χ2v) is 13.1. The molecule has 0 aliphatic carbocycles. The third-order valence-electron chi connectivity index (χ3n) is 9.47. The molecule has 0 saturated heterocycles. The van der Waals surface area contributed by atoms with E-state index in [-0.39, 0.29) is 11.5 Å². The third-order valence-corrected chi connectivity index (χ3v) is 9.47. The molecule has 266 valence electrons. The number of aromatic hydroxyl groups is 2. The van der Waals surface area contributed by atoms with E-state index in [1.165, 1.54) is 0 Å². The molecule has 2 N–H and O–H groups in total. The molecule has 0 aliphatic heterocycles. The first-order valence-electron chi connectivity index (χ1n) is 18.1. The van der Waals surface area contributed by atoms with Gasteiger partial charge in [-0.15, -0.1) is 0 Å². The van der Waals surface area contributed by atoms with Gasteiger partial charge in [0.15, 0.2) is 11.6 Å². The van der Waals surface area contributed by atoms with Crippen LogP contribution in [-0.4, -0.2) is 42.6 Å². The normalized spacial score (nSPS) is 11.6. The summed E-state index contributed by atoms with van der Waals surface area (Å²) in [5.74, 6) is 1.59. The van der Waals surface area contributed by atoms with Gasteiger partial charge in [-0.1, -0.05) is 84.9 Å². The number of hydrogen-bond donors (Lipinski definition) is 2. The minimum atomic E-state index is 0.185. The van der Waals surface area contributed by atoms with Gasteiger partial charge < -0.3 is 10.2 Å². The van der Waals surface area contributed by atoms with Crippen molar-refractivity contribution in [1.29, 1.82) is 0 Å². The van der Waals surface area contributed by atoms with E-state index in [1.54, 1.807) is 36.7 Å². The number of aromatic nitrogens is 4. The van der Waals surface area contributed by atoms with Crippen LogP contribution < -0.4 is 0 Å². The average molecular weight is 725 g/mol. The predicted octanol–water partition coefficient (Wildman–Crippen LogP) is 11.2. The van der Waals surface area contributed by atoms with Gasteiger partial charge in [0.1, 0.15) is 11.5 Å². The van der Waals surface area contributed by atoms with Crippen LogP contribution in [0.3, 0.4) is 0 Å². The lowest BCUT2D eigenvalue weighted by molar-refractivity contribution is 0.474. The van der Waals surface area contributed by atoms with Gasteiger partial charge in [0.25, 0.3) is 0 Å². The Morgan fingerprint density at radius 1 is 0.357 bits per heavy atom. The Bertz CT molecular complexity index is 2720. The lowest BCUT2D eigenvalue weighted by Crippen LogP contribution is -1.96. The number of rotatable bonds is 8. The van der Waals surface area contributed by atoms with Gasteiger partial charge in [-0.3, -0.25) is 9.98 Å². The molecule has 0 unspecified atom stereocenters. The highest BCUT2D eigenvalue weighted by molar-refractivity contribution is 5.96. The quantitative estimate of drug-likeness (QED) is 0.151. The molecule has 0 fully saturated rings. The molecule has 0 amide bonds. The van der Waals surface area contributed by atoms with Gasteiger partial charge in [-0.2, -0.15) is 0 Å². The molecule has 0 spiro atoms. The first-order chi connectivity index (χ1) is 27.6. The monoisotopic (exact) mass is 724 g/mol. The number of nitrogens with zero attached hydrogens (tertiary/aromatic N) is 6. The van der Waals surface area contributed by atoms with Gasteiger partial charge >= 0.3 is 0 Å². The first kappa shape index (κ1) is 34.0. The van der Waals surface area contributed by atoms with Gasteiger partial charge in [0.2, 0.25) is 0 Å². The highest BCUT2D eigenvalue weighted by Gasteiger charge is 2.15. The van der Waals surface area contributed by atoms with Crippen LogP contribution in [0.4, 0.5) is 11.4 Å². The molecule has 2 aromatic heterocycles. The van der Waals surface area contributed by atoms with Crippen LogP contribution in [0.5, 0.6) is 11.5 Å². The van der Waals surface area contributed by atoms with Crippen molar-refractivity contribution >= 4 is 45.6 Å². The van der Waals surface area contributed by atoms with Crippen molar-refractivity contribution in [2.45, 2.75) is 0 Å². The Labute approximate surface area is 322 Å². The molecular formula is C48H32N6O2. The SMILES string of the molecule is Oc1ccccc1C=Nc1ccc(-c2nc(-c3ccc(-c4nc(-c5ccc(N=Cc6ccccc6O)cc5)nc5ccccc45)cc3)c3ccccc3n2)cc1. The van der Waals surface area contributed by atoms with Gasteiger partial charge in [0, 0.05) is 56.6 Å². The fraction of sp³-hybridized carbons (Fsp3) is 0. The Morgan fingerprint density at radius 2 is 0.714 bits per heavy atom. The zero-order valence-corrected chi connectivity index (χ0v) is 29.9. The van der Waals surface area contributed by atoms with E-state index in [9.17, 15) is 10.2 Å². The van der Waals surface area contributed by atoms with Crippen LogP contribution in [0.25, 0.3) is 67.1 Å². The van der Waals surface area contributed by atoms with Gasteiger partial charge in [-0.25, -0.2) is 19.9 Å². The molecule has 9 aromatic rings. The van der Waals surface area contributed by atoms with Gasteiger partial charge in [-0.05, 0) is 84.9 Å². The fourth-order valence-corrected chi connectivity index (χ4v) is 6.51. The molecule has 0 saturated carbocycles. The Morgan fingerprint density at radius 3 is 1.12 bits per heavy atom. The van der Waals surface area contributed by atoms with E-state index in [2.05, 4.69) is 34.3 Å². The number of hydrogen-bond acceptors (Lipinski definition) is 8. The second-order valence-electron chi connectivity index (χ2n) is 13.1. The van der Waals surface area contributed by atoms with E-state index < -0.39 is 0 Å². The lowest BCUT2D eigenvalue weighted by Gasteiger charge is -2.12. The summed E-state index contributed by atoms with van der Waals surface area (Å²) in [6, 6.07) is 54.1. The summed E-state index contributed by atoms with van der Waals surface area (Å²) >= 11 is 0. The molecule has 0 atom stereocenters. The van der Waals surface area contributed by atoms with Crippen LogP contribution in [0, 0.1) is 0 Å². The van der Waals surface area contributed by atoms with Crippen LogP contribution in [-0.2, 0) is 0 Å². The predicted molar refractivity (Wildman–Crippen MR) is 225 cm³/mol. The molecule has 8 heteroatoms. The van der Waals surface area contributed by atoms with Crippen molar-refractivity contribution in [3.05, 3.63) is 181 Å². The third kappa shape index (κ3) is 6.98. The highest BCUT2D eigenvalue weighted by Crippen LogP contribution is 2.34. The second kappa shape index (κ2) is 14.9. The Balaban J connectivity index is 1.03. The minimum absolute atomic E-state index is 0.185. The number of benzene rings is 7. The molecule has 0 aliphatic rings. The summed E-state index contributed by atoms with van der Waals surface area (Å²) in [5.41, 5.74) is 9.80. The molecule has 0 bridgehead atoms. The number of phenolic OH excluding ortho intramolecular Hbond substituents is 2. The summed E-state index contributed by atoms with van der Waals surface area (Å²) in [6.07, 6.45) is 3.30. The summed E-state index contributed by atoms with van der Waals surface area (Å²) in [6.45, 7) is 0.